The minimum Gasteiger partial charge on any atom is -0.371 e. The van der Waals surface area contributed by atoms with Crippen molar-refractivity contribution in [1.29, 1.82) is 0 Å². The number of nitrogens with one attached hydrogen (secondary N) is 1. The number of hydrogen-bond acceptors (Lipinski definition) is 5. The van der Waals surface area contributed by atoms with Crippen LogP contribution < -0.4 is 9.62 Å². The molecule has 0 saturated carbocycles. The molecule has 2 saturated heterocycles. The van der Waals surface area contributed by atoms with Crippen LogP contribution in [0, 0.1) is 5.92 Å². The number of rotatable bonds is 6. The van der Waals surface area contributed by atoms with E-state index in [1.807, 2.05) is 29.2 Å². The maximum Gasteiger partial charge on any atom is 0.255 e. The molecule has 156 valence electrons. The van der Waals surface area contributed by atoms with Gasteiger partial charge in [-0.3, -0.25) is 4.79 Å². The topological polar surface area (TPSA) is 69.7 Å². The van der Waals surface area contributed by atoms with Gasteiger partial charge in [0, 0.05) is 38.4 Å². The molecule has 1 N–H and O–H groups in total. The molecule has 2 aliphatic heterocycles. The summed E-state index contributed by atoms with van der Waals surface area (Å²) in [5.74, 6) is 0.180. The fourth-order valence-corrected chi connectivity index (χ4v) is 6.34. The van der Waals surface area contributed by atoms with E-state index >= 15 is 0 Å². The van der Waals surface area contributed by atoms with Crippen LogP contribution in [0.15, 0.2) is 46.0 Å². The van der Waals surface area contributed by atoms with Crippen LogP contribution in [0.2, 0.25) is 0 Å². The minimum absolute atomic E-state index is 0.0540. The Balaban J connectivity index is 1.42. The Morgan fingerprint density at radius 1 is 1.07 bits per heavy atom. The quantitative estimate of drug-likeness (QED) is 0.760. The summed E-state index contributed by atoms with van der Waals surface area (Å²) in [5, 5.41) is 1.76. The lowest BCUT2D eigenvalue weighted by molar-refractivity contribution is 0.0677. The SMILES string of the molecule is O=C(c1ccccc1N1CCCC1)N1CCCC(CNS(=O)(=O)c2cccs2)C1. The van der Waals surface area contributed by atoms with E-state index in [4.69, 9.17) is 0 Å². The Morgan fingerprint density at radius 3 is 2.62 bits per heavy atom. The van der Waals surface area contributed by atoms with Crippen molar-refractivity contribution in [2.45, 2.75) is 29.9 Å². The van der Waals surface area contributed by atoms with Crippen molar-refractivity contribution in [2.24, 2.45) is 5.92 Å². The summed E-state index contributed by atoms with van der Waals surface area (Å²) in [7, 11) is -3.47. The van der Waals surface area contributed by atoms with Crippen molar-refractivity contribution in [3.8, 4) is 0 Å². The van der Waals surface area contributed by atoms with Gasteiger partial charge in [0.15, 0.2) is 0 Å². The van der Waals surface area contributed by atoms with Gasteiger partial charge in [0.05, 0.1) is 5.56 Å². The maximum absolute atomic E-state index is 13.3. The van der Waals surface area contributed by atoms with Gasteiger partial charge in [-0.15, -0.1) is 11.3 Å². The van der Waals surface area contributed by atoms with Crippen LogP contribution in [0.5, 0.6) is 0 Å². The normalized spacial score (nSPS) is 20.2. The summed E-state index contributed by atoms with van der Waals surface area (Å²) < 4.78 is 27.8. The van der Waals surface area contributed by atoms with Crippen molar-refractivity contribution in [1.82, 2.24) is 9.62 Å². The zero-order chi connectivity index (χ0) is 20.3. The molecule has 3 heterocycles. The molecule has 1 aromatic heterocycles. The number of likely N-dealkylation sites (tertiary alicyclic amines) is 1. The van der Waals surface area contributed by atoms with Crippen LogP contribution in [0.3, 0.4) is 0 Å². The number of nitrogens with zero attached hydrogens (tertiary/aromatic N) is 2. The molecule has 4 rings (SSSR count). The van der Waals surface area contributed by atoms with Gasteiger partial charge in [-0.2, -0.15) is 0 Å². The molecule has 2 aliphatic rings. The third-order valence-corrected chi connectivity index (χ3v) is 8.53. The number of carbonyl (C=O) groups is 1. The number of thiophene rings is 1. The Kier molecular flexibility index (Phi) is 6.22. The van der Waals surface area contributed by atoms with E-state index in [0.717, 1.165) is 43.7 Å². The molecule has 2 aromatic rings. The molecular formula is C21H27N3O3S2. The number of carbonyl (C=O) groups excluding carboxylic acids is 1. The monoisotopic (exact) mass is 433 g/mol. The van der Waals surface area contributed by atoms with E-state index < -0.39 is 10.0 Å². The van der Waals surface area contributed by atoms with Gasteiger partial charge in [-0.1, -0.05) is 18.2 Å². The summed E-state index contributed by atoms with van der Waals surface area (Å²) in [6.07, 6.45) is 4.14. The number of para-hydroxylation sites is 1. The van der Waals surface area contributed by atoms with Crippen LogP contribution in [-0.4, -0.2) is 51.9 Å². The molecule has 1 atom stereocenters. The van der Waals surface area contributed by atoms with E-state index in [0.29, 0.717) is 17.3 Å². The van der Waals surface area contributed by atoms with Crippen molar-refractivity contribution >= 4 is 33.0 Å². The molecule has 0 aliphatic carbocycles. The van der Waals surface area contributed by atoms with Crippen LogP contribution >= 0.6 is 11.3 Å². The second-order valence-electron chi connectivity index (χ2n) is 7.75. The second-order valence-corrected chi connectivity index (χ2v) is 10.7. The number of hydrogen-bond donors (Lipinski definition) is 1. The first-order valence-electron chi connectivity index (χ1n) is 10.2. The first kappa shape index (κ1) is 20.4. The second kappa shape index (κ2) is 8.85. The molecule has 0 bridgehead atoms. The fraction of sp³-hybridized carbons (Fsp3) is 0.476. The number of piperidine rings is 1. The van der Waals surface area contributed by atoms with E-state index in [-0.39, 0.29) is 11.8 Å². The third-order valence-electron chi connectivity index (χ3n) is 5.71. The number of sulfonamides is 1. The number of anilines is 1. The Hall–Kier alpha value is -1.90. The smallest absolute Gasteiger partial charge is 0.255 e. The Labute approximate surface area is 176 Å². The molecule has 1 amide bonds. The Bertz CT molecular complexity index is 938. The molecule has 2 fully saturated rings. The van der Waals surface area contributed by atoms with Crippen LogP contribution in [0.1, 0.15) is 36.0 Å². The summed E-state index contributed by atoms with van der Waals surface area (Å²) in [6, 6.07) is 11.2. The summed E-state index contributed by atoms with van der Waals surface area (Å²) in [6.45, 7) is 3.66. The van der Waals surface area contributed by atoms with Gasteiger partial charge in [-0.25, -0.2) is 13.1 Å². The van der Waals surface area contributed by atoms with E-state index in [9.17, 15) is 13.2 Å². The molecular weight excluding hydrogens is 406 g/mol. The minimum atomic E-state index is -3.47. The highest BCUT2D eigenvalue weighted by Gasteiger charge is 2.28. The molecule has 0 radical (unpaired) electrons. The first-order valence-corrected chi connectivity index (χ1v) is 12.6. The lowest BCUT2D eigenvalue weighted by Crippen LogP contribution is -2.44. The van der Waals surface area contributed by atoms with E-state index in [1.165, 1.54) is 24.2 Å². The maximum atomic E-state index is 13.3. The molecule has 8 heteroatoms. The highest BCUT2D eigenvalue weighted by molar-refractivity contribution is 7.91. The van der Waals surface area contributed by atoms with E-state index in [2.05, 4.69) is 9.62 Å². The van der Waals surface area contributed by atoms with Gasteiger partial charge in [0.25, 0.3) is 5.91 Å². The third kappa shape index (κ3) is 4.65. The van der Waals surface area contributed by atoms with Crippen LogP contribution in [0.25, 0.3) is 0 Å². The first-order chi connectivity index (χ1) is 14.0. The van der Waals surface area contributed by atoms with E-state index in [1.54, 1.807) is 17.5 Å². The molecule has 6 nitrogen and oxygen atoms in total. The molecule has 0 spiro atoms. The molecule has 29 heavy (non-hydrogen) atoms. The lowest BCUT2D eigenvalue weighted by atomic mass is 9.97. The van der Waals surface area contributed by atoms with Gasteiger partial charge >= 0.3 is 0 Å². The predicted octanol–water partition coefficient (Wildman–Crippen LogP) is 3.18. The van der Waals surface area contributed by atoms with Gasteiger partial charge in [0.2, 0.25) is 10.0 Å². The standard InChI is InChI=1S/C21H27N3O3S2/c25-21(18-8-1-2-9-19(18)23-11-3-4-12-23)24-13-5-7-17(16-24)15-22-29(26,27)20-10-6-14-28-20/h1-2,6,8-10,14,17,22H,3-5,7,11-13,15-16H2. The number of amides is 1. The largest absolute Gasteiger partial charge is 0.371 e. The highest BCUT2D eigenvalue weighted by Crippen LogP contribution is 2.27. The average molecular weight is 434 g/mol. The lowest BCUT2D eigenvalue weighted by Gasteiger charge is -2.34. The summed E-state index contributed by atoms with van der Waals surface area (Å²) >= 11 is 1.21. The van der Waals surface area contributed by atoms with Gasteiger partial charge in [0.1, 0.15) is 4.21 Å². The number of benzene rings is 1. The van der Waals surface area contributed by atoms with Crippen LogP contribution in [0.4, 0.5) is 5.69 Å². The molecule has 1 aromatic carbocycles. The van der Waals surface area contributed by atoms with Gasteiger partial charge < -0.3 is 9.80 Å². The van der Waals surface area contributed by atoms with Gasteiger partial charge in [-0.05, 0) is 55.2 Å². The van der Waals surface area contributed by atoms with Crippen molar-refractivity contribution in [3.05, 3.63) is 47.3 Å². The van der Waals surface area contributed by atoms with Crippen LogP contribution in [-0.2, 0) is 10.0 Å². The fourth-order valence-electron chi connectivity index (χ4n) is 4.19. The average Bonchev–Trinajstić information content (AvgIpc) is 3.46. The summed E-state index contributed by atoms with van der Waals surface area (Å²) in [4.78, 5) is 17.5. The zero-order valence-corrected chi connectivity index (χ0v) is 18.1. The zero-order valence-electron chi connectivity index (χ0n) is 16.4. The van der Waals surface area contributed by atoms with Crippen molar-refractivity contribution < 1.29 is 13.2 Å². The van der Waals surface area contributed by atoms with Crippen molar-refractivity contribution in [3.63, 3.8) is 0 Å². The van der Waals surface area contributed by atoms with Crippen molar-refractivity contribution in [2.75, 3.05) is 37.6 Å². The molecule has 1 unspecified atom stereocenters. The predicted molar refractivity (Wildman–Crippen MR) is 116 cm³/mol. The summed E-state index contributed by atoms with van der Waals surface area (Å²) in [5.41, 5.74) is 1.78. The Morgan fingerprint density at radius 2 is 1.86 bits per heavy atom. The highest BCUT2D eigenvalue weighted by atomic mass is 32.2.